The molecule has 0 bridgehead atoms. The second-order valence-corrected chi connectivity index (χ2v) is 3.63. The molecule has 0 aliphatic carbocycles. The first kappa shape index (κ1) is 11.8. The number of benzene rings is 1. The molecule has 0 fully saturated rings. The van der Waals surface area contributed by atoms with Gasteiger partial charge in [0.25, 0.3) is 5.69 Å². The number of aryl methyl sites for hydroxylation is 1. The van der Waals surface area contributed by atoms with Gasteiger partial charge in [0.15, 0.2) is 0 Å². The van der Waals surface area contributed by atoms with Crippen molar-refractivity contribution < 1.29 is 9.34 Å². The third-order valence-electron chi connectivity index (χ3n) is 2.20. The first-order valence-electron chi connectivity index (χ1n) is 5.25. The number of nitro benzene ring substituents is 1. The zero-order valence-corrected chi connectivity index (χ0v) is 9.66. The number of anilines is 1. The summed E-state index contributed by atoms with van der Waals surface area (Å²) in [5.41, 5.74) is 3.27. The molecule has 0 saturated heterocycles. The highest BCUT2D eigenvalue weighted by Crippen LogP contribution is 2.16. The van der Waals surface area contributed by atoms with Crippen LogP contribution in [0, 0.1) is 17.0 Å². The van der Waals surface area contributed by atoms with Gasteiger partial charge in [-0.2, -0.15) is 5.10 Å². The fourth-order valence-electron chi connectivity index (χ4n) is 1.38. The van der Waals surface area contributed by atoms with Gasteiger partial charge in [0.1, 0.15) is 11.5 Å². The molecule has 0 spiro atoms. The Balaban J connectivity index is 2.04. The van der Waals surface area contributed by atoms with E-state index in [1.54, 1.807) is 18.2 Å². The van der Waals surface area contributed by atoms with Gasteiger partial charge in [-0.15, -0.1) is 0 Å². The van der Waals surface area contributed by atoms with E-state index < -0.39 is 4.92 Å². The average Bonchev–Trinajstić information content (AvgIpc) is 2.75. The number of hydrogen-bond donors (Lipinski definition) is 1. The highest BCUT2D eigenvalue weighted by Gasteiger charge is 2.04. The van der Waals surface area contributed by atoms with Gasteiger partial charge in [-0.1, -0.05) is 6.07 Å². The molecular formula is C12H11N3O3. The standard InChI is InChI=1S/C12H11N3O3/c1-9-5-6-12(18-9)8-13-14-10-3-2-4-11(7-10)15(16)17/h2-8,14H,1H3/b13-8+. The van der Waals surface area contributed by atoms with Crippen LogP contribution in [0.2, 0.25) is 0 Å². The maximum absolute atomic E-state index is 10.6. The molecule has 18 heavy (non-hydrogen) atoms. The van der Waals surface area contributed by atoms with Gasteiger partial charge < -0.3 is 4.42 Å². The minimum absolute atomic E-state index is 0.0176. The number of nitrogens with zero attached hydrogens (tertiary/aromatic N) is 2. The van der Waals surface area contributed by atoms with Crippen LogP contribution in [0.1, 0.15) is 11.5 Å². The molecule has 0 saturated carbocycles. The van der Waals surface area contributed by atoms with Crippen LogP contribution in [-0.2, 0) is 0 Å². The van der Waals surface area contributed by atoms with Crippen LogP contribution in [0.4, 0.5) is 11.4 Å². The van der Waals surface area contributed by atoms with Crippen LogP contribution < -0.4 is 5.43 Å². The molecule has 0 aliphatic heterocycles. The van der Waals surface area contributed by atoms with Crippen molar-refractivity contribution in [1.82, 2.24) is 0 Å². The summed E-state index contributed by atoms with van der Waals surface area (Å²) >= 11 is 0. The normalized spacial score (nSPS) is 10.7. The molecule has 0 amide bonds. The van der Waals surface area contributed by atoms with E-state index in [9.17, 15) is 10.1 Å². The maximum Gasteiger partial charge on any atom is 0.271 e. The minimum Gasteiger partial charge on any atom is -0.460 e. The fourth-order valence-corrected chi connectivity index (χ4v) is 1.38. The monoisotopic (exact) mass is 245 g/mol. The van der Waals surface area contributed by atoms with Gasteiger partial charge in [-0.25, -0.2) is 0 Å². The Bertz CT molecular complexity index is 590. The Morgan fingerprint density at radius 1 is 1.39 bits per heavy atom. The summed E-state index contributed by atoms with van der Waals surface area (Å²) in [5, 5.41) is 14.5. The lowest BCUT2D eigenvalue weighted by molar-refractivity contribution is -0.384. The quantitative estimate of drug-likeness (QED) is 0.510. The predicted molar refractivity (Wildman–Crippen MR) is 67.8 cm³/mol. The zero-order chi connectivity index (χ0) is 13.0. The van der Waals surface area contributed by atoms with Crippen LogP contribution >= 0.6 is 0 Å². The van der Waals surface area contributed by atoms with Gasteiger partial charge in [0, 0.05) is 12.1 Å². The van der Waals surface area contributed by atoms with E-state index in [4.69, 9.17) is 4.42 Å². The molecule has 6 nitrogen and oxygen atoms in total. The molecule has 0 atom stereocenters. The predicted octanol–water partition coefficient (Wildman–Crippen LogP) is 2.94. The number of hydrogen-bond acceptors (Lipinski definition) is 5. The van der Waals surface area contributed by atoms with Crippen molar-refractivity contribution in [2.75, 3.05) is 5.43 Å². The first-order chi connectivity index (χ1) is 8.65. The molecule has 0 radical (unpaired) electrons. The highest BCUT2D eigenvalue weighted by atomic mass is 16.6. The lowest BCUT2D eigenvalue weighted by Crippen LogP contribution is -1.92. The first-order valence-corrected chi connectivity index (χ1v) is 5.25. The summed E-state index contributed by atoms with van der Waals surface area (Å²) < 4.78 is 5.29. The molecule has 6 heteroatoms. The number of hydrazone groups is 1. The zero-order valence-electron chi connectivity index (χ0n) is 9.66. The Hall–Kier alpha value is -2.63. The van der Waals surface area contributed by atoms with Crippen LogP contribution in [0.5, 0.6) is 0 Å². The van der Waals surface area contributed by atoms with Crippen molar-refractivity contribution >= 4 is 17.6 Å². The van der Waals surface area contributed by atoms with Gasteiger partial charge in [0.05, 0.1) is 16.8 Å². The van der Waals surface area contributed by atoms with Crippen molar-refractivity contribution in [3.63, 3.8) is 0 Å². The topological polar surface area (TPSA) is 80.7 Å². The molecule has 92 valence electrons. The van der Waals surface area contributed by atoms with Crippen LogP contribution in [0.3, 0.4) is 0 Å². The largest absolute Gasteiger partial charge is 0.460 e. The smallest absolute Gasteiger partial charge is 0.271 e. The number of non-ortho nitro benzene ring substituents is 1. The van der Waals surface area contributed by atoms with Crippen LogP contribution in [0.15, 0.2) is 45.9 Å². The lowest BCUT2D eigenvalue weighted by atomic mass is 10.3. The van der Waals surface area contributed by atoms with E-state index >= 15 is 0 Å². The lowest BCUT2D eigenvalue weighted by Gasteiger charge is -1.98. The molecule has 1 aromatic heterocycles. The highest BCUT2D eigenvalue weighted by molar-refractivity contribution is 5.76. The Morgan fingerprint density at radius 2 is 2.22 bits per heavy atom. The van der Waals surface area contributed by atoms with Gasteiger partial charge in [0.2, 0.25) is 0 Å². The second kappa shape index (κ2) is 5.13. The summed E-state index contributed by atoms with van der Waals surface area (Å²) in [6.07, 6.45) is 1.51. The van der Waals surface area contributed by atoms with Gasteiger partial charge in [-0.05, 0) is 25.1 Å². The maximum atomic E-state index is 10.6. The number of nitrogens with one attached hydrogen (secondary N) is 1. The van der Waals surface area contributed by atoms with Crippen molar-refractivity contribution in [3.8, 4) is 0 Å². The number of furan rings is 1. The number of nitro groups is 1. The van der Waals surface area contributed by atoms with Crippen LogP contribution in [-0.4, -0.2) is 11.1 Å². The molecule has 1 aromatic carbocycles. The molecule has 0 unspecified atom stereocenters. The summed E-state index contributed by atoms with van der Waals surface area (Å²) in [5.74, 6) is 1.41. The summed E-state index contributed by atoms with van der Waals surface area (Å²) in [4.78, 5) is 10.1. The van der Waals surface area contributed by atoms with E-state index in [2.05, 4.69) is 10.5 Å². The summed E-state index contributed by atoms with van der Waals surface area (Å²) in [6.45, 7) is 1.84. The van der Waals surface area contributed by atoms with E-state index in [-0.39, 0.29) is 5.69 Å². The molecule has 2 aromatic rings. The Kier molecular flexibility index (Phi) is 3.38. The molecule has 0 aliphatic rings. The fraction of sp³-hybridized carbons (Fsp3) is 0.0833. The van der Waals surface area contributed by atoms with Crippen molar-refractivity contribution in [3.05, 3.63) is 58.0 Å². The Labute approximate surface area is 103 Å². The van der Waals surface area contributed by atoms with E-state index in [1.165, 1.54) is 18.3 Å². The molecule has 2 rings (SSSR count). The third kappa shape index (κ3) is 2.94. The third-order valence-corrected chi connectivity index (χ3v) is 2.20. The van der Waals surface area contributed by atoms with Gasteiger partial charge >= 0.3 is 0 Å². The van der Waals surface area contributed by atoms with Crippen molar-refractivity contribution in [2.45, 2.75) is 6.92 Å². The van der Waals surface area contributed by atoms with E-state index in [0.717, 1.165) is 5.76 Å². The molecule has 1 N–H and O–H groups in total. The van der Waals surface area contributed by atoms with Crippen LogP contribution in [0.25, 0.3) is 0 Å². The number of rotatable bonds is 4. The molecule has 1 heterocycles. The van der Waals surface area contributed by atoms with Crippen molar-refractivity contribution in [1.29, 1.82) is 0 Å². The van der Waals surface area contributed by atoms with E-state index in [0.29, 0.717) is 11.4 Å². The average molecular weight is 245 g/mol. The Morgan fingerprint density at radius 3 is 2.89 bits per heavy atom. The summed E-state index contributed by atoms with van der Waals surface area (Å²) in [7, 11) is 0. The summed E-state index contributed by atoms with van der Waals surface area (Å²) in [6, 6.07) is 9.73. The molecular weight excluding hydrogens is 234 g/mol. The van der Waals surface area contributed by atoms with E-state index in [1.807, 2.05) is 13.0 Å². The SMILES string of the molecule is Cc1ccc(/C=N/Nc2cccc([N+](=O)[O-])c2)o1. The van der Waals surface area contributed by atoms with Gasteiger partial charge in [-0.3, -0.25) is 15.5 Å². The second-order valence-electron chi connectivity index (χ2n) is 3.63. The van der Waals surface area contributed by atoms with Crippen molar-refractivity contribution in [2.24, 2.45) is 5.10 Å². The minimum atomic E-state index is -0.454.